The van der Waals surface area contributed by atoms with Gasteiger partial charge in [-0.05, 0) is 36.8 Å². The molecule has 1 atom stereocenters. The van der Waals surface area contributed by atoms with Gasteiger partial charge < -0.3 is 10.2 Å². The van der Waals surface area contributed by atoms with E-state index in [9.17, 15) is 9.18 Å². The van der Waals surface area contributed by atoms with E-state index in [4.69, 9.17) is 11.6 Å². The molecule has 0 saturated heterocycles. The zero-order chi connectivity index (χ0) is 16.1. The van der Waals surface area contributed by atoms with Gasteiger partial charge in [-0.15, -0.1) is 0 Å². The first-order valence-corrected chi connectivity index (χ1v) is 7.44. The standard InChI is InChI=1S/C17H18ClFN2O/c1-12-15(18)7-4-8-16(12)20-17(22)11-21(2)10-13-5-3-6-14(19)9-13/h3-9H,10-11H2,1-2H3,(H,20,22)/p+1. The van der Waals surface area contributed by atoms with Crippen molar-refractivity contribution in [3.8, 4) is 0 Å². The molecule has 3 nitrogen and oxygen atoms in total. The van der Waals surface area contributed by atoms with Crippen molar-refractivity contribution in [3.63, 3.8) is 0 Å². The molecule has 1 unspecified atom stereocenters. The molecule has 0 fully saturated rings. The number of carbonyl (C=O) groups excluding carboxylic acids is 1. The normalized spacial score (nSPS) is 12.0. The Labute approximate surface area is 134 Å². The third-order valence-corrected chi connectivity index (χ3v) is 3.81. The van der Waals surface area contributed by atoms with Gasteiger partial charge in [-0.25, -0.2) is 4.39 Å². The lowest BCUT2D eigenvalue weighted by atomic mass is 10.2. The summed E-state index contributed by atoms with van der Waals surface area (Å²) >= 11 is 6.03. The fraction of sp³-hybridized carbons (Fsp3) is 0.235. The van der Waals surface area contributed by atoms with Crippen LogP contribution in [0.15, 0.2) is 42.5 Å². The number of amides is 1. The van der Waals surface area contributed by atoms with E-state index in [-0.39, 0.29) is 11.7 Å². The van der Waals surface area contributed by atoms with Crippen LogP contribution in [0.5, 0.6) is 0 Å². The summed E-state index contributed by atoms with van der Waals surface area (Å²) in [5.74, 6) is -0.358. The molecule has 22 heavy (non-hydrogen) atoms. The summed E-state index contributed by atoms with van der Waals surface area (Å²) in [6, 6.07) is 11.8. The number of nitrogens with one attached hydrogen (secondary N) is 2. The smallest absolute Gasteiger partial charge is 0.279 e. The second-order valence-electron chi connectivity index (χ2n) is 5.40. The average Bonchev–Trinajstić information content (AvgIpc) is 2.43. The van der Waals surface area contributed by atoms with Crippen LogP contribution >= 0.6 is 11.6 Å². The molecule has 0 saturated carbocycles. The maximum Gasteiger partial charge on any atom is 0.279 e. The summed E-state index contributed by atoms with van der Waals surface area (Å²) in [6.45, 7) is 2.74. The van der Waals surface area contributed by atoms with E-state index in [2.05, 4.69) is 5.32 Å². The molecule has 0 bridgehead atoms. The molecule has 0 heterocycles. The van der Waals surface area contributed by atoms with Crippen LogP contribution in [-0.4, -0.2) is 19.5 Å². The Morgan fingerprint density at radius 3 is 2.73 bits per heavy atom. The molecule has 0 aliphatic heterocycles. The highest BCUT2D eigenvalue weighted by molar-refractivity contribution is 6.31. The molecule has 0 radical (unpaired) electrons. The van der Waals surface area contributed by atoms with E-state index in [0.717, 1.165) is 21.7 Å². The molecule has 2 N–H and O–H groups in total. The number of quaternary nitrogens is 1. The van der Waals surface area contributed by atoms with Crippen LogP contribution in [0, 0.1) is 12.7 Å². The predicted octanol–water partition coefficient (Wildman–Crippen LogP) is 2.44. The van der Waals surface area contributed by atoms with Crippen molar-refractivity contribution in [2.24, 2.45) is 0 Å². The first-order valence-electron chi connectivity index (χ1n) is 7.06. The van der Waals surface area contributed by atoms with Crippen molar-refractivity contribution in [3.05, 3.63) is 64.4 Å². The molecule has 2 rings (SSSR count). The number of hydrogen-bond donors (Lipinski definition) is 2. The van der Waals surface area contributed by atoms with Crippen molar-refractivity contribution in [2.75, 3.05) is 18.9 Å². The highest BCUT2D eigenvalue weighted by Gasteiger charge is 2.12. The van der Waals surface area contributed by atoms with Gasteiger partial charge in [0.15, 0.2) is 6.54 Å². The highest BCUT2D eigenvalue weighted by Crippen LogP contribution is 2.22. The topological polar surface area (TPSA) is 33.5 Å². The molecule has 0 spiro atoms. The summed E-state index contributed by atoms with van der Waals surface area (Å²) in [4.78, 5) is 13.1. The van der Waals surface area contributed by atoms with Gasteiger partial charge in [0.05, 0.1) is 7.05 Å². The second-order valence-corrected chi connectivity index (χ2v) is 5.81. The van der Waals surface area contributed by atoms with Gasteiger partial charge in [-0.2, -0.15) is 0 Å². The van der Waals surface area contributed by atoms with Crippen molar-refractivity contribution in [1.82, 2.24) is 0 Å². The number of benzene rings is 2. The minimum Gasteiger partial charge on any atom is -0.326 e. The van der Waals surface area contributed by atoms with Crippen LogP contribution in [0.4, 0.5) is 10.1 Å². The minimum absolute atomic E-state index is 0.0979. The molecule has 1 amide bonds. The van der Waals surface area contributed by atoms with E-state index in [1.54, 1.807) is 18.2 Å². The summed E-state index contributed by atoms with van der Waals surface area (Å²) in [7, 11) is 1.90. The highest BCUT2D eigenvalue weighted by atomic mass is 35.5. The quantitative estimate of drug-likeness (QED) is 0.871. The van der Waals surface area contributed by atoms with Crippen molar-refractivity contribution in [2.45, 2.75) is 13.5 Å². The summed E-state index contributed by atoms with van der Waals surface area (Å²) in [6.07, 6.45) is 0. The van der Waals surface area contributed by atoms with E-state index in [1.807, 2.05) is 26.1 Å². The van der Waals surface area contributed by atoms with Gasteiger partial charge in [-0.3, -0.25) is 4.79 Å². The Balaban J connectivity index is 1.92. The minimum atomic E-state index is -0.260. The molecule has 2 aromatic rings. The monoisotopic (exact) mass is 321 g/mol. The lowest BCUT2D eigenvalue weighted by Gasteiger charge is -2.15. The first-order chi connectivity index (χ1) is 10.5. The van der Waals surface area contributed by atoms with E-state index < -0.39 is 0 Å². The third kappa shape index (κ3) is 4.55. The number of likely N-dealkylation sites (N-methyl/N-ethyl adjacent to an activating group) is 1. The lowest BCUT2D eigenvalue weighted by Crippen LogP contribution is -3.08. The zero-order valence-electron chi connectivity index (χ0n) is 12.6. The zero-order valence-corrected chi connectivity index (χ0v) is 13.4. The van der Waals surface area contributed by atoms with Gasteiger partial charge >= 0.3 is 0 Å². The van der Waals surface area contributed by atoms with Crippen LogP contribution in [0.25, 0.3) is 0 Å². The first kappa shape index (κ1) is 16.5. The number of carbonyl (C=O) groups is 1. The number of hydrogen-bond acceptors (Lipinski definition) is 1. The van der Waals surface area contributed by atoms with Crippen molar-refractivity contribution >= 4 is 23.2 Å². The van der Waals surface area contributed by atoms with E-state index >= 15 is 0 Å². The van der Waals surface area contributed by atoms with Crippen molar-refractivity contribution in [1.29, 1.82) is 0 Å². The third-order valence-electron chi connectivity index (χ3n) is 3.40. The largest absolute Gasteiger partial charge is 0.326 e. The molecule has 5 heteroatoms. The summed E-state index contributed by atoms with van der Waals surface area (Å²) < 4.78 is 13.1. The van der Waals surface area contributed by atoms with E-state index in [1.165, 1.54) is 12.1 Å². The van der Waals surface area contributed by atoms with Gasteiger partial charge in [-0.1, -0.05) is 29.8 Å². The van der Waals surface area contributed by atoms with Crippen molar-refractivity contribution < 1.29 is 14.1 Å². The number of rotatable bonds is 5. The lowest BCUT2D eigenvalue weighted by molar-refractivity contribution is -0.885. The maximum absolute atomic E-state index is 13.1. The molecule has 0 aliphatic carbocycles. The number of anilines is 1. The fourth-order valence-corrected chi connectivity index (χ4v) is 2.44. The van der Waals surface area contributed by atoms with Crippen LogP contribution in [0.2, 0.25) is 5.02 Å². The van der Waals surface area contributed by atoms with Gasteiger partial charge in [0.25, 0.3) is 5.91 Å². The van der Waals surface area contributed by atoms with Gasteiger partial charge in [0.2, 0.25) is 0 Å². The molecule has 0 aliphatic rings. The average molecular weight is 322 g/mol. The van der Waals surface area contributed by atoms with Gasteiger partial charge in [0, 0.05) is 16.3 Å². The molecule has 0 aromatic heterocycles. The SMILES string of the molecule is Cc1c(Cl)cccc1NC(=O)C[NH+](C)Cc1cccc(F)c1. The Morgan fingerprint density at radius 2 is 2.00 bits per heavy atom. The molecular weight excluding hydrogens is 303 g/mol. The molecule has 2 aromatic carbocycles. The van der Waals surface area contributed by atoms with Gasteiger partial charge in [0.1, 0.15) is 12.4 Å². The summed E-state index contributed by atoms with van der Waals surface area (Å²) in [5, 5.41) is 3.48. The number of halogens is 2. The Morgan fingerprint density at radius 1 is 1.27 bits per heavy atom. The maximum atomic E-state index is 13.1. The van der Waals surface area contributed by atoms with Crippen LogP contribution < -0.4 is 10.2 Å². The Kier molecular flexibility index (Phi) is 5.52. The predicted molar refractivity (Wildman–Crippen MR) is 86.7 cm³/mol. The fourth-order valence-electron chi connectivity index (χ4n) is 2.27. The summed E-state index contributed by atoms with van der Waals surface area (Å²) in [5.41, 5.74) is 2.43. The molecule has 116 valence electrons. The van der Waals surface area contributed by atoms with Crippen LogP contribution in [0.1, 0.15) is 11.1 Å². The van der Waals surface area contributed by atoms with Crippen LogP contribution in [-0.2, 0) is 11.3 Å². The second kappa shape index (κ2) is 7.38. The molecular formula is C17H19ClFN2O+. The Hall–Kier alpha value is -1.91. The Bertz CT molecular complexity index is 675. The van der Waals surface area contributed by atoms with E-state index in [0.29, 0.717) is 18.1 Å². The van der Waals surface area contributed by atoms with Crippen LogP contribution in [0.3, 0.4) is 0 Å².